The molecule has 1 heterocycles. The van der Waals surface area contributed by atoms with Gasteiger partial charge in [-0.1, -0.05) is 0 Å². The van der Waals surface area contributed by atoms with Gasteiger partial charge < -0.3 is 10.4 Å². The van der Waals surface area contributed by atoms with Gasteiger partial charge in [-0.05, 0) is 40.2 Å². The third kappa shape index (κ3) is 5.14. The van der Waals surface area contributed by atoms with Crippen LogP contribution in [0.5, 0.6) is 0 Å². The molecule has 4 heteroatoms. The topological polar surface area (TPSA) is 52.6 Å². The number of piperidine rings is 1. The van der Waals surface area contributed by atoms with Crippen LogP contribution in [0.1, 0.15) is 33.6 Å². The number of hydrogen-bond donors (Lipinski definition) is 2. The van der Waals surface area contributed by atoms with Crippen LogP contribution in [0.25, 0.3) is 0 Å². The van der Waals surface area contributed by atoms with Crippen LogP contribution in [-0.2, 0) is 4.79 Å². The highest BCUT2D eigenvalue weighted by Gasteiger charge is 2.21. The first-order valence-corrected chi connectivity index (χ1v) is 5.58. The van der Waals surface area contributed by atoms with E-state index in [9.17, 15) is 9.90 Å². The first kappa shape index (κ1) is 12.5. The molecule has 0 bridgehead atoms. The fourth-order valence-corrected chi connectivity index (χ4v) is 1.84. The smallest absolute Gasteiger partial charge is 0.234 e. The molecule has 0 saturated carbocycles. The number of likely N-dealkylation sites (tertiary alicyclic amines) is 1. The van der Waals surface area contributed by atoms with Gasteiger partial charge in [0.15, 0.2) is 0 Å². The van der Waals surface area contributed by atoms with Gasteiger partial charge in [0.05, 0.1) is 12.6 Å². The van der Waals surface area contributed by atoms with Crippen molar-refractivity contribution in [2.75, 3.05) is 19.6 Å². The highest BCUT2D eigenvalue weighted by molar-refractivity contribution is 5.78. The van der Waals surface area contributed by atoms with E-state index in [1.165, 1.54) is 0 Å². The lowest BCUT2D eigenvalue weighted by atomic mass is 10.1. The number of aliphatic hydroxyl groups is 1. The summed E-state index contributed by atoms with van der Waals surface area (Å²) in [5.74, 6) is 0.0385. The van der Waals surface area contributed by atoms with Gasteiger partial charge in [-0.3, -0.25) is 9.69 Å². The van der Waals surface area contributed by atoms with E-state index in [1.807, 2.05) is 25.7 Å². The van der Waals surface area contributed by atoms with Gasteiger partial charge in [0.1, 0.15) is 0 Å². The van der Waals surface area contributed by atoms with E-state index in [0.29, 0.717) is 13.1 Å². The highest BCUT2D eigenvalue weighted by atomic mass is 16.3. The van der Waals surface area contributed by atoms with Gasteiger partial charge in [-0.25, -0.2) is 0 Å². The van der Waals surface area contributed by atoms with Gasteiger partial charge in [0.25, 0.3) is 0 Å². The predicted molar refractivity (Wildman–Crippen MR) is 59.6 cm³/mol. The molecule has 0 aromatic heterocycles. The number of carbonyl (C=O) groups is 1. The van der Waals surface area contributed by atoms with Gasteiger partial charge in [-0.15, -0.1) is 0 Å². The zero-order chi connectivity index (χ0) is 11.5. The second-order valence-electron chi connectivity index (χ2n) is 5.33. The van der Waals surface area contributed by atoms with Crippen molar-refractivity contribution in [1.29, 1.82) is 0 Å². The molecule has 0 aliphatic carbocycles. The number of carbonyl (C=O) groups excluding carboxylic acids is 1. The summed E-state index contributed by atoms with van der Waals surface area (Å²) in [5, 5.41) is 12.4. The Balaban J connectivity index is 2.31. The molecular weight excluding hydrogens is 192 g/mol. The van der Waals surface area contributed by atoms with Crippen molar-refractivity contribution < 1.29 is 9.90 Å². The summed E-state index contributed by atoms with van der Waals surface area (Å²) >= 11 is 0. The molecule has 1 aliphatic rings. The Bertz CT molecular complexity index is 223. The molecule has 2 N–H and O–H groups in total. The SMILES string of the molecule is CC(C)(C)NC(=O)CN1CCCC(O)C1. The number of nitrogens with zero attached hydrogens (tertiary/aromatic N) is 1. The van der Waals surface area contributed by atoms with Gasteiger partial charge >= 0.3 is 0 Å². The van der Waals surface area contributed by atoms with Crippen LogP contribution < -0.4 is 5.32 Å². The van der Waals surface area contributed by atoms with Crippen molar-refractivity contribution in [3.8, 4) is 0 Å². The average molecular weight is 214 g/mol. The Morgan fingerprint density at radius 3 is 2.73 bits per heavy atom. The monoisotopic (exact) mass is 214 g/mol. The van der Waals surface area contributed by atoms with Crippen molar-refractivity contribution >= 4 is 5.91 Å². The van der Waals surface area contributed by atoms with E-state index in [-0.39, 0.29) is 17.6 Å². The van der Waals surface area contributed by atoms with Crippen LogP contribution in [-0.4, -0.2) is 47.2 Å². The average Bonchev–Trinajstić information content (AvgIpc) is 1.99. The molecule has 0 spiro atoms. The zero-order valence-electron chi connectivity index (χ0n) is 9.92. The number of nitrogens with one attached hydrogen (secondary N) is 1. The molecule has 1 rings (SSSR count). The van der Waals surface area contributed by atoms with E-state index in [2.05, 4.69) is 5.32 Å². The Kier molecular flexibility index (Phi) is 4.11. The molecule has 1 saturated heterocycles. The number of β-amino-alcohol motifs (C(OH)–C–C–N with tert-alkyl or cyclic N) is 1. The number of aliphatic hydroxyl groups excluding tert-OH is 1. The van der Waals surface area contributed by atoms with E-state index < -0.39 is 0 Å². The molecule has 0 aromatic rings. The maximum absolute atomic E-state index is 11.6. The lowest BCUT2D eigenvalue weighted by Crippen LogP contribution is -2.48. The number of amides is 1. The van der Waals surface area contributed by atoms with Crippen molar-refractivity contribution in [2.45, 2.75) is 45.3 Å². The minimum absolute atomic E-state index is 0.0385. The molecule has 1 amide bonds. The second kappa shape index (κ2) is 4.94. The highest BCUT2D eigenvalue weighted by Crippen LogP contribution is 2.09. The molecule has 1 fully saturated rings. The minimum atomic E-state index is -0.263. The molecule has 0 radical (unpaired) electrons. The van der Waals surface area contributed by atoms with E-state index >= 15 is 0 Å². The van der Waals surface area contributed by atoms with E-state index in [1.54, 1.807) is 0 Å². The van der Waals surface area contributed by atoms with E-state index in [4.69, 9.17) is 0 Å². The Morgan fingerprint density at radius 2 is 2.20 bits per heavy atom. The molecule has 1 unspecified atom stereocenters. The van der Waals surface area contributed by atoms with Crippen LogP contribution in [0.4, 0.5) is 0 Å². The van der Waals surface area contributed by atoms with Gasteiger partial charge in [0.2, 0.25) is 5.91 Å². The standard InChI is InChI=1S/C11H22N2O2/c1-11(2,3)12-10(15)8-13-6-4-5-9(14)7-13/h9,14H,4-8H2,1-3H3,(H,12,15). The van der Waals surface area contributed by atoms with Crippen LogP contribution in [0.15, 0.2) is 0 Å². The summed E-state index contributed by atoms with van der Waals surface area (Å²) in [6.45, 7) is 7.84. The van der Waals surface area contributed by atoms with Gasteiger partial charge in [-0.2, -0.15) is 0 Å². The third-order valence-corrected chi connectivity index (χ3v) is 2.36. The Hall–Kier alpha value is -0.610. The van der Waals surface area contributed by atoms with Crippen LogP contribution >= 0.6 is 0 Å². The fraction of sp³-hybridized carbons (Fsp3) is 0.909. The predicted octanol–water partition coefficient (Wildman–Crippen LogP) is 0.358. The molecule has 88 valence electrons. The van der Waals surface area contributed by atoms with Crippen molar-refractivity contribution in [1.82, 2.24) is 10.2 Å². The van der Waals surface area contributed by atoms with E-state index in [0.717, 1.165) is 19.4 Å². The van der Waals surface area contributed by atoms with Crippen LogP contribution in [0, 0.1) is 0 Å². The Labute approximate surface area is 91.6 Å². The molecular formula is C11H22N2O2. The lowest BCUT2D eigenvalue weighted by Gasteiger charge is -2.30. The summed E-state index contributed by atoms with van der Waals surface area (Å²) in [6, 6.07) is 0. The summed E-state index contributed by atoms with van der Waals surface area (Å²) < 4.78 is 0. The zero-order valence-corrected chi connectivity index (χ0v) is 9.92. The van der Waals surface area contributed by atoms with Gasteiger partial charge in [0, 0.05) is 12.1 Å². The number of hydrogen-bond acceptors (Lipinski definition) is 3. The maximum atomic E-state index is 11.6. The van der Waals surface area contributed by atoms with Crippen molar-refractivity contribution in [2.24, 2.45) is 0 Å². The number of rotatable bonds is 2. The summed E-state index contributed by atoms with van der Waals surface area (Å²) in [7, 11) is 0. The molecule has 15 heavy (non-hydrogen) atoms. The van der Waals surface area contributed by atoms with Crippen molar-refractivity contribution in [3.05, 3.63) is 0 Å². The minimum Gasteiger partial charge on any atom is -0.392 e. The summed E-state index contributed by atoms with van der Waals surface area (Å²) in [6.07, 6.45) is 1.57. The fourth-order valence-electron chi connectivity index (χ4n) is 1.84. The first-order chi connectivity index (χ1) is 6.87. The third-order valence-electron chi connectivity index (χ3n) is 2.36. The first-order valence-electron chi connectivity index (χ1n) is 5.58. The summed E-state index contributed by atoms with van der Waals surface area (Å²) in [5.41, 5.74) is -0.175. The molecule has 0 aromatic carbocycles. The Morgan fingerprint density at radius 1 is 1.53 bits per heavy atom. The lowest BCUT2D eigenvalue weighted by molar-refractivity contribution is -0.124. The summed E-state index contributed by atoms with van der Waals surface area (Å²) in [4.78, 5) is 13.6. The van der Waals surface area contributed by atoms with Crippen molar-refractivity contribution in [3.63, 3.8) is 0 Å². The van der Waals surface area contributed by atoms with Crippen LogP contribution in [0.3, 0.4) is 0 Å². The molecule has 1 atom stereocenters. The second-order valence-corrected chi connectivity index (χ2v) is 5.33. The maximum Gasteiger partial charge on any atom is 0.234 e. The molecule has 1 aliphatic heterocycles. The van der Waals surface area contributed by atoms with Crippen LogP contribution in [0.2, 0.25) is 0 Å². The largest absolute Gasteiger partial charge is 0.392 e. The normalized spacial score (nSPS) is 23.9. The quantitative estimate of drug-likeness (QED) is 0.698. The molecule has 4 nitrogen and oxygen atoms in total.